The van der Waals surface area contributed by atoms with Gasteiger partial charge in [0.2, 0.25) is 0 Å². The number of methoxy groups -OCH3 is 1. The Balaban J connectivity index is 1.75. The number of carbonyl (C=O) groups excluding carboxylic acids is 1. The van der Waals surface area contributed by atoms with Crippen LogP contribution in [0.3, 0.4) is 0 Å². The molecular weight excluding hydrogens is 452 g/mol. The molecule has 0 spiro atoms. The lowest BCUT2D eigenvalue weighted by atomic mass is 9.88. The number of amides is 2. The minimum absolute atomic E-state index is 0.156. The largest absolute Gasteiger partial charge is 0.497 e. The Morgan fingerprint density at radius 1 is 1.00 bits per heavy atom. The first-order chi connectivity index (χ1) is 17.2. The van der Waals surface area contributed by atoms with Gasteiger partial charge in [-0.1, -0.05) is 39.8 Å². The molecule has 0 aliphatic rings. The third-order valence-corrected chi connectivity index (χ3v) is 6.37. The predicted molar refractivity (Wildman–Crippen MR) is 146 cm³/mol. The number of hydrogen-bond acceptors (Lipinski definition) is 4. The molecule has 0 aliphatic carbocycles. The van der Waals surface area contributed by atoms with Crippen LogP contribution < -0.4 is 20.5 Å². The van der Waals surface area contributed by atoms with Crippen LogP contribution >= 0.6 is 0 Å². The molecule has 0 unspecified atom stereocenters. The normalized spacial score (nSPS) is 11.2. The highest BCUT2D eigenvalue weighted by Gasteiger charge is 2.22. The van der Waals surface area contributed by atoms with Crippen molar-refractivity contribution in [3.8, 4) is 16.9 Å². The molecule has 0 atom stereocenters. The Morgan fingerprint density at radius 2 is 1.69 bits per heavy atom. The highest BCUT2D eigenvalue weighted by molar-refractivity contribution is 6.03. The van der Waals surface area contributed by atoms with E-state index in [0.29, 0.717) is 5.52 Å². The van der Waals surface area contributed by atoms with Gasteiger partial charge in [0.05, 0.1) is 12.6 Å². The number of pyridine rings is 2. The molecule has 0 fully saturated rings. The van der Waals surface area contributed by atoms with Crippen molar-refractivity contribution in [3.05, 3.63) is 82.4 Å². The molecule has 0 bridgehead atoms. The molecule has 186 valence electrons. The predicted octanol–water partition coefficient (Wildman–Crippen LogP) is 6.51. The van der Waals surface area contributed by atoms with Crippen molar-refractivity contribution in [1.82, 2.24) is 9.97 Å². The molecule has 2 aromatic heterocycles. The second kappa shape index (κ2) is 10.2. The van der Waals surface area contributed by atoms with Gasteiger partial charge in [-0.25, -0.2) is 4.79 Å². The molecule has 4 aromatic rings. The summed E-state index contributed by atoms with van der Waals surface area (Å²) in [5, 5.41) is 3.86. The van der Waals surface area contributed by atoms with Gasteiger partial charge in [-0.2, -0.15) is 0 Å². The van der Waals surface area contributed by atoms with Crippen molar-refractivity contribution in [3.63, 3.8) is 0 Å². The van der Waals surface area contributed by atoms with Gasteiger partial charge in [-0.3, -0.25) is 14.7 Å². The van der Waals surface area contributed by atoms with Crippen molar-refractivity contribution in [2.75, 3.05) is 24.4 Å². The molecule has 2 N–H and O–H groups in total. The smallest absolute Gasteiger partial charge is 0.326 e. The highest BCUT2D eigenvalue weighted by Crippen LogP contribution is 2.38. The summed E-state index contributed by atoms with van der Waals surface area (Å²) in [5.74, 6) is 1.10. The van der Waals surface area contributed by atoms with Crippen LogP contribution in [0.15, 0.2) is 65.7 Å². The summed E-state index contributed by atoms with van der Waals surface area (Å²) in [5.41, 5.74) is 5.52. The van der Waals surface area contributed by atoms with Gasteiger partial charge in [0.25, 0.3) is 5.56 Å². The average Bonchev–Trinajstić information content (AvgIpc) is 2.87. The van der Waals surface area contributed by atoms with Crippen LogP contribution in [-0.4, -0.2) is 30.2 Å². The summed E-state index contributed by atoms with van der Waals surface area (Å²) in [4.78, 5) is 34.4. The number of fused-ring (bicyclic) bond motifs is 1. The number of rotatable bonds is 6. The second-order valence-electron chi connectivity index (χ2n) is 9.51. The van der Waals surface area contributed by atoms with E-state index in [9.17, 15) is 9.59 Å². The molecule has 7 nitrogen and oxygen atoms in total. The third kappa shape index (κ3) is 4.96. The number of ether oxygens (including phenoxy) is 1. The first kappa shape index (κ1) is 25.0. The number of carbonyl (C=O) groups is 1. The monoisotopic (exact) mass is 484 g/mol. The molecule has 0 saturated heterocycles. The molecule has 36 heavy (non-hydrogen) atoms. The fourth-order valence-corrected chi connectivity index (χ4v) is 4.30. The standard InChI is InChI=1S/C29H32N4O3/c1-17(2)23-13-20(19-8-7-9-22(12-19)36-6)14-24(18(3)4)27(23)32-29(35)33(5)26-15-21-16-30-11-10-25(21)31-28(26)34/h7-18H,1-6H3,(H,31,34)(H,32,35). The Kier molecular flexibility index (Phi) is 7.10. The fraction of sp³-hybridized carbons (Fsp3) is 0.276. The number of benzene rings is 2. The van der Waals surface area contributed by atoms with Gasteiger partial charge in [0.15, 0.2) is 0 Å². The van der Waals surface area contributed by atoms with E-state index in [2.05, 4.69) is 61.2 Å². The lowest BCUT2D eigenvalue weighted by molar-refractivity contribution is 0.258. The quantitative estimate of drug-likeness (QED) is 0.326. The summed E-state index contributed by atoms with van der Waals surface area (Å²) in [6.45, 7) is 8.43. The zero-order valence-electron chi connectivity index (χ0n) is 21.5. The summed E-state index contributed by atoms with van der Waals surface area (Å²) in [7, 11) is 3.25. The van der Waals surface area contributed by atoms with Gasteiger partial charge < -0.3 is 15.0 Å². The molecule has 2 aromatic carbocycles. The van der Waals surface area contributed by atoms with E-state index in [1.807, 2.05) is 18.2 Å². The topological polar surface area (TPSA) is 87.3 Å². The minimum atomic E-state index is -0.387. The van der Waals surface area contributed by atoms with Crippen molar-refractivity contribution in [2.45, 2.75) is 39.5 Å². The number of hydrogen-bond donors (Lipinski definition) is 2. The minimum Gasteiger partial charge on any atom is -0.497 e. The first-order valence-electron chi connectivity index (χ1n) is 12.0. The maximum Gasteiger partial charge on any atom is 0.326 e. The molecule has 2 amide bonds. The Hall–Kier alpha value is -4.13. The third-order valence-electron chi connectivity index (χ3n) is 6.37. The van der Waals surface area contributed by atoms with Crippen LogP contribution in [0.5, 0.6) is 5.75 Å². The van der Waals surface area contributed by atoms with Gasteiger partial charge in [-0.15, -0.1) is 0 Å². The number of aromatic nitrogens is 2. The Labute approximate surface area is 211 Å². The lowest BCUT2D eigenvalue weighted by Crippen LogP contribution is -2.35. The maximum absolute atomic E-state index is 13.4. The van der Waals surface area contributed by atoms with Gasteiger partial charge in [-0.05, 0) is 70.5 Å². The van der Waals surface area contributed by atoms with Crippen LogP contribution in [-0.2, 0) is 0 Å². The van der Waals surface area contributed by atoms with Gasteiger partial charge in [0.1, 0.15) is 11.4 Å². The van der Waals surface area contributed by atoms with Crippen LogP contribution in [0, 0.1) is 0 Å². The number of aromatic amines is 1. The van der Waals surface area contributed by atoms with Crippen LogP contribution in [0.25, 0.3) is 22.0 Å². The molecule has 7 heteroatoms. The van der Waals surface area contributed by atoms with E-state index in [4.69, 9.17) is 4.74 Å². The van der Waals surface area contributed by atoms with E-state index in [1.54, 1.807) is 38.7 Å². The summed E-state index contributed by atoms with van der Waals surface area (Å²) < 4.78 is 5.42. The second-order valence-corrected chi connectivity index (χ2v) is 9.51. The maximum atomic E-state index is 13.4. The van der Waals surface area contributed by atoms with E-state index >= 15 is 0 Å². The van der Waals surface area contributed by atoms with Crippen molar-refractivity contribution in [2.24, 2.45) is 0 Å². The number of nitrogens with zero attached hydrogens (tertiary/aromatic N) is 2. The molecular formula is C29H32N4O3. The zero-order chi connectivity index (χ0) is 26.0. The molecule has 0 radical (unpaired) electrons. The Morgan fingerprint density at radius 3 is 2.33 bits per heavy atom. The average molecular weight is 485 g/mol. The highest BCUT2D eigenvalue weighted by atomic mass is 16.5. The van der Waals surface area contributed by atoms with E-state index in [0.717, 1.165) is 39.1 Å². The molecule has 0 saturated carbocycles. The number of urea groups is 1. The van der Waals surface area contributed by atoms with Gasteiger partial charge in [0, 0.05) is 30.5 Å². The van der Waals surface area contributed by atoms with Crippen LogP contribution in [0.2, 0.25) is 0 Å². The first-order valence-corrected chi connectivity index (χ1v) is 12.0. The van der Waals surface area contributed by atoms with Gasteiger partial charge >= 0.3 is 6.03 Å². The van der Waals surface area contributed by atoms with E-state index in [1.165, 1.54) is 4.90 Å². The van der Waals surface area contributed by atoms with E-state index in [-0.39, 0.29) is 29.1 Å². The number of nitrogens with one attached hydrogen (secondary N) is 2. The van der Waals surface area contributed by atoms with Crippen molar-refractivity contribution in [1.29, 1.82) is 0 Å². The van der Waals surface area contributed by atoms with Crippen LogP contribution in [0.1, 0.15) is 50.7 Å². The number of H-pyrrole nitrogens is 1. The molecule has 2 heterocycles. The number of anilines is 2. The summed E-state index contributed by atoms with van der Waals surface area (Å²) in [6.07, 6.45) is 3.27. The molecule has 0 aliphatic heterocycles. The zero-order valence-corrected chi connectivity index (χ0v) is 21.5. The van der Waals surface area contributed by atoms with E-state index < -0.39 is 0 Å². The summed E-state index contributed by atoms with van der Waals surface area (Å²) in [6, 6.07) is 15.2. The summed E-state index contributed by atoms with van der Waals surface area (Å²) >= 11 is 0. The molecule has 4 rings (SSSR count). The Bertz CT molecular complexity index is 1440. The van der Waals surface area contributed by atoms with Crippen molar-refractivity contribution >= 4 is 28.3 Å². The fourth-order valence-electron chi connectivity index (χ4n) is 4.30. The lowest BCUT2D eigenvalue weighted by Gasteiger charge is -2.25. The SMILES string of the molecule is COc1cccc(-c2cc(C(C)C)c(NC(=O)N(C)c3cc4cnccc4[nH]c3=O)c(C(C)C)c2)c1. The van der Waals surface area contributed by atoms with Crippen molar-refractivity contribution < 1.29 is 9.53 Å². The van der Waals surface area contributed by atoms with Crippen LogP contribution in [0.4, 0.5) is 16.2 Å².